The summed E-state index contributed by atoms with van der Waals surface area (Å²) in [5.74, 6) is -1.51. The highest BCUT2D eigenvalue weighted by atomic mass is 35.5. The number of ether oxygens (including phenoxy) is 2. The molecule has 0 bridgehead atoms. The van der Waals surface area contributed by atoms with E-state index in [9.17, 15) is 9.59 Å². The Bertz CT molecular complexity index is 546. The second-order valence-electron chi connectivity index (χ2n) is 3.53. The summed E-state index contributed by atoms with van der Waals surface area (Å²) in [7, 11) is 0. The first-order valence-corrected chi connectivity index (χ1v) is 6.12. The van der Waals surface area contributed by atoms with Gasteiger partial charge in [-0.1, -0.05) is 41.4 Å². The van der Waals surface area contributed by atoms with Crippen LogP contribution in [0.2, 0.25) is 15.1 Å². The van der Waals surface area contributed by atoms with Crippen LogP contribution in [-0.4, -0.2) is 41.6 Å². The van der Waals surface area contributed by atoms with Gasteiger partial charge < -0.3 is 9.47 Å². The third-order valence-electron chi connectivity index (χ3n) is 1.88. The molecule has 0 aliphatic rings. The zero-order valence-electron chi connectivity index (χ0n) is 9.84. The lowest BCUT2D eigenvalue weighted by Gasteiger charge is -2.08. The molecule has 0 spiro atoms. The van der Waals surface area contributed by atoms with Gasteiger partial charge in [0, 0.05) is 11.6 Å². The van der Waals surface area contributed by atoms with Gasteiger partial charge in [-0.25, -0.2) is 9.59 Å². The predicted molar refractivity (Wildman–Crippen MR) is 81.4 cm³/mol. The Hall–Kier alpha value is -0.464. The molecule has 1 aromatic carbocycles. The highest BCUT2D eigenvalue weighted by molar-refractivity contribution is 6.43. The van der Waals surface area contributed by atoms with Crippen LogP contribution in [0.15, 0.2) is 24.3 Å². The fourth-order valence-corrected chi connectivity index (χ4v) is 1.56. The fraction of sp³-hybridized carbons (Fsp3) is 0.167. The standard InChI is InChI=1S/C12H9Cl3O4.Mg.2H/c1-6(2)12(17)19-11(16)5-18-10-4-8(14)7(13)3-9(10)15;;;/h3-4H,1,5H2,2H3;;;. The van der Waals surface area contributed by atoms with Crippen molar-refractivity contribution in [1.29, 1.82) is 0 Å². The van der Waals surface area contributed by atoms with E-state index in [4.69, 9.17) is 39.5 Å². The molecule has 1 aromatic rings. The van der Waals surface area contributed by atoms with Gasteiger partial charge in [-0.15, -0.1) is 0 Å². The molecule has 4 nitrogen and oxygen atoms in total. The molecule has 0 heterocycles. The molecule has 8 heteroatoms. The van der Waals surface area contributed by atoms with Crippen molar-refractivity contribution in [3.8, 4) is 5.75 Å². The number of hydrogen-bond acceptors (Lipinski definition) is 4. The number of rotatable bonds is 4. The van der Waals surface area contributed by atoms with Gasteiger partial charge in [-0.3, -0.25) is 0 Å². The van der Waals surface area contributed by atoms with E-state index in [1.54, 1.807) is 0 Å². The number of esters is 2. The first-order chi connectivity index (χ1) is 8.81. The van der Waals surface area contributed by atoms with Crippen molar-refractivity contribution in [3.05, 3.63) is 39.4 Å². The number of halogens is 3. The van der Waals surface area contributed by atoms with Crippen molar-refractivity contribution >= 4 is 69.8 Å². The molecule has 0 atom stereocenters. The molecule has 0 unspecified atom stereocenters. The number of carbonyl (C=O) groups is 2. The minimum absolute atomic E-state index is 0. The van der Waals surface area contributed by atoms with Crippen LogP contribution in [0.25, 0.3) is 0 Å². The van der Waals surface area contributed by atoms with Crippen LogP contribution in [0.5, 0.6) is 5.75 Å². The minimum atomic E-state index is -0.866. The topological polar surface area (TPSA) is 52.6 Å². The Morgan fingerprint density at radius 1 is 1.15 bits per heavy atom. The van der Waals surface area contributed by atoms with Crippen LogP contribution in [0.4, 0.5) is 0 Å². The lowest BCUT2D eigenvalue weighted by atomic mass is 10.3. The number of carbonyl (C=O) groups excluding carboxylic acids is 2. The molecule has 0 fully saturated rings. The highest BCUT2D eigenvalue weighted by Crippen LogP contribution is 2.33. The number of hydrogen-bond donors (Lipinski definition) is 0. The van der Waals surface area contributed by atoms with E-state index in [0.29, 0.717) is 0 Å². The molecule has 20 heavy (non-hydrogen) atoms. The average Bonchev–Trinajstić information content (AvgIpc) is 2.32. The third kappa shape index (κ3) is 5.89. The molecule has 0 saturated heterocycles. The van der Waals surface area contributed by atoms with E-state index in [0.717, 1.165) is 0 Å². The van der Waals surface area contributed by atoms with Crippen molar-refractivity contribution in [2.24, 2.45) is 0 Å². The number of benzene rings is 1. The van der Waals surface area contributed by atoms with Gasteiger partial charge in [0.25, 0.3) is 0 Å². The summed E-state index contributed by atoms with van der Waals surface area (Å²) in [4.78, 5) is 22.4. The van der Waals surface area contributed by atoms with Crippen LogP contribution in [-0.2, 0) is 14.3 Å². The predicted octanol–water partition coefficient (Wildman–Crippen LogP) is 2.76. The molecular formula is C12H11Cl3MgO4. The van der Waals surface area contributed by atoms with Gasteiger partial charge in [-0.05, 0) is 13.0 Å². The van der Waals surface area contributed by atoms with E-state index in [1.165, 1.54) is 19.1 Å². The second kappa shape index (κ2) is 8.74. The Labute approximate surface area is 147 Å². The third-order valence-corrected chi connectivity index (χ3v) is 2.89. The summed E-state index contributed by atoms with van der Waals surface area (Å²) in [5, 5.41) is 0.680. The molecule has 106 valence electrons. The molecule has 0 N–H and O–H groups in total. The summed E-state index contributed by atoms with van der Waals surface area (Å²) in [6, 6.07) is 2.74. The van der Waals surface area contributed by atoms with Gasteiger partial charge in [0.15, 0.2) is 6.61 Å². The second-order valence-corrected chi connectivity index (χ2v) is 4.75. The smallest absolute Gasteiger partial charge is 0.352 e. The normalized spacial score (nSPS) is 9.40. The zero-order valence-corrected chi connectivity index (χ0v) is 12.1. The summed E-state index contributed by atoms with van der Waals surface area (Å²) in [6.07, 6.45) is 0. The Morgan fingerprint density at radius 3 is 2.25 bits per heavy atom. The quantitative estimate of drug-likeness (QED) is 0.276. The molecule has 0 saturated carbocycles. The monoisotopic (exact) mass is 348 g/mol. The minimum Gasteiger partial charge on any atom is -0.480 e. The van der Waals surface area contributed by atoms with E-state index in [1.807, 2.05) is 0 Å². The van der Waals surface area contributed by atoms with Gasteiger partial charge in [0.05, 0.1) is 15.1 Å². The Kier molecular flexibility index (Phi) is 8.54. The molecule has 0 aliphatic carbocycles. The van der Waals surface area contributed by atoms with E-state index in [2.05, 4.69) is 11.3 Å². The van der Waals surface area contributed by atoms with Crippen molar-refractivity contribution < 1.29 is 19.1 Å². The van der Waals surface area contributed by atoms with Crippen LogP contribution in [0.3, 0.4) is 0 Å². The van der Waals surface area contributed by atoms with Crippen LogP contribution in [0, 0.1) is 0 Å². The SMILES string of the molecule is C=C(C)C(=O)OC(=O)COc1cc(Cl)c(Cl)cc1Cl.[MgH2]. The fourth-order valence-electron chi connectivity index (χ4n) is 0.972. The Morgan fingerprint density at radius 2 is 1.70 bits per heavy atom. The van der Waals surface area contributed by atoms with E-state index >= 15 is 0 Å². The maximum Gasteiger partial charge on any atom is 0.352 e. The summed E-state index contributed by atoms with van der Waals surface area (Å²) < 4.78 is 9.51. The van der Waals surface area contributed by atoms with Gasteiger partial charge in [0.1, 0.15) is 5.75 Å². The molecule has 0 aliphatic heterocycles. The highest BCUT2D eigenvalue weighted by Gasteiger charge is 2.13. The van der Waals surface area contributed by atoms with Crippen molar-refractivity contribution in [1.82, 2.24) is 0 Å². The Balaban J connectivity index is 0.00000361. The largest absolute Gasteiger partial charge is 0.480 e. The van der Waals surface area contributed by atoms with Crippen LogP contribution < -0.4 is 4.74 Å². The average molecular weight is 350 g/mol. The van der Waals surface area contributed by atoms with Crippen LogP contribution >= 0.6 is 34.8 Å². The molecule has 1 rings (SSSR count). The van der Waals surface area contributed by atoms with Gasteiger partial charge in [0.2, 0.25) is 0 Å². The lowest BCUT2D eigenvalue weighted by molar-refractivity contribution is -0.158. The van der Waals surface area contributed by atoms with Crippen molar-refractivity contribution in [2.45, 2.75) is 6.92 Å². The first-order valence-electron chi connectivity index (χ1n) is 4.99. The molecule has 0 aromatic heterocycles. The van der Waals surface area contributed by atoms with E-state index < -0.39 is 18.5 Å². The maximum atomic E-state index is 11.3. The summed E-state index contributed by atoms with van der Waals surface area (Å²) >= 11 is 17.3. The van der Waals surface area contributed by atoms with Crippen molar-refractivity contribution in [2.75, 3.05) is 6.61 Å². The summed E-state index contributed by atoms with van der Waals surface area (Å²) in [5.41, 5.74) is 0.112. The molecule has 0 amide bonds. The van der Waals surface area contributed by atoms with E-state index in [-0.39, 0.29) is 49.4 Å². The van der Waals surface area contributed by atoms with Gasteiger partial charge >= 0.3 is 35.0 Å². The zero-order chi connectivity index (χ0) is 14.6. The summed E-state index contributed by atoms with van der Waals surface area (Å²) in [6.45, 7) is 4.27. The van der Waals surface area contributed by atoms with Crippen LogP contribution in [0.1, 0.15) is 6.92 Å². The maximum absolute atomic E-state index is 11.3. The van der Waals surface area contributed by atoms with Crippen molar-refractivity contribution in [3.63, 3.8) is 0 Å². The lowest BCUT2D eigenvalue weighted by Crippen LogP contribution is -2.19. The first kappa shape index (κ1) is 19.5. The van der Waals surface area contributed by atoms with Gasteiger partial charge in [-0.2, -0.15) is 0 Å². The molecule has 0 radical (unpaired) electrons. The molecular weight excluding hydrogens is 339 g/mol.